The molecule has 0 amide bonds. The van der Waals surface area contributed by atoms with Gasteiger partial charge in [-0.25, -0.2) is 4.39 Å². The Balaban J connectivity index is 1.66. The average molecular weight is 356 g/mol. The Morgan fingerprint density at radius 1 is 1.38 bits per heavy atom. The number of piperidine rings is 1. The van der Waals surface area contributed by atoms with Crippen LogP contribution in [0.2, 0.25) is 0 Å². The predicted octanol–water partition coefficient (Wildman–Crippen LogP) is 2.91. The zero-order valence-corrected chi connectivity index (χ0v) is 12.9. The number of hydrogen-bond donors (Lipinski definition) is 1. The van der Waals surface area contributed by atoms with Crippen LogP contribution in [0.4, 0.5) is 4.39 Å². The normalized spacial score (nSPS) is 16.3. The number of nitrogens with one attached hydrogen (secondary N) is 1. The van der Waals surface area contributed by atoms with Gasteiger partial charge in [0.2, 0.25) is 5.82 Å². The van der Waals surface area contributed by atoms with E-state index in [4.69, 9.17) is 9.26 Å². The minimum atomic E-state index is -0.342. The second-order valence-electron chi connectivity index (χ2n) is 4.90. The van der Waals surface area contributed by atoms with Gasteiger partial charge in [-0.2, -0.15) is 4.98 Å². The first-order chi connectivity index (χ1) is 10.2. The van der Waals surface area contributed by atoms with Crippen LogP contribution in [-0.4, -0.2) is 29.3 Å². The zero-order chi connectivity index (χ0) is 14.7. The van der Waals surface area contributed by atoms with Crippen LogP contribution in [0.1, 0.15) is 18.7 Å². The summed E-state index contributed by atoms with van der Waals surface area (Å²) in [5.41, 5.74) is 0.562. The van der Waals surface area contributed by atoms with Gasteiger partial charge in [-0.15, -0.1) is 0 Å². The Bertz CT molecular complexity index is 614. The second kappa shape index (κ2) is 6.64. The van der Waals surface area contributed by atoms with E-state index in [2.05, 4.69) is 31.4 Å². The van der Waals surface area contributed by atoms with Gasteiger partial charge in [-0.1, -0.05) is 21.1 Å². The van der Waals surface area contributed by atoms with Crippen molar-refractivity contribution in [1.82, 2.24) is 15.5 Å². The minimum absolute atomic E-state index is 0.225. The first kappa shape index (κ1) is 14.6. The molecule has 0 aliphatic carbocycles. The number of nitrogens with zero attached hydrogens (tertiary/aromatic N) is 2. The van der Waals surface area contributed by atoms with Crippen molar-refractivity contribution >= 4 is 15.9 Å². The molecular weight excluding hydrogens is 341 g/mol. The van der Waals surface area contributed by atoms with E-state index in [1.54, 1.807) is 6.07 Å². The number of hydrogen-bond acceptors (Lipinski definition) is 5. The summed E-state index contributed by atoms with van der Waals surface area (Å²) < 4.78 is 24.9. The SMILES string of the molecule is Fc1ccc(Br)c(-c2noc(COC3CCNCC3)n2)c1. The van der Waals surface area contributed by atoms with Crippen molar-refractivity contribution in [3.63, 3.8) is 0 Å². The molecule has 1 fully saturated rings. The third-order valence-electron chi connectivity index (χ3n) is 3.37. The van der Waals surface area contributed by atoms with Gasteiger partial charge < -0.3 is 14.6 Å². The van der Waals surface area contributed by atoms with Crippen molar-refractivity contribution in [2.45, 2.75) is 25.6 Å². The lowest BCUT2D eigenvalue weighted by molar-refractivity contribution is 0.00859. The molecule has 7 heteroatoms. The van der Waals surface area contributed by atoms with Crippen molar-refractivity contribution in [1.29, 1.82) is 0 Å². The summed E-state index contributed by atoms with van der Waals surface area (Å²) in [5, 5.41) is 7.15. The lowest BCUT2D eigenvalue weighted by Crippen LogP contribution is -2.32. The number of benzene rings is 1. The lowest BCUT2D eigenvalue weighted by Gasteiger charge is -2.21. The fourth-order valence-electron chi connectivity index (χ4n) is 2.24. The summed E-state index contributed by atoms with van der Waals surface area (Å²) in [6.45, 7) is 2.22. The standard InChI is InChI=1S/C14H15BrFN3O2/c15-12-2-1-9(16)7-11(12)14-18-13(21-19-14)8-20-10-3-5-17-6-4-10/h1-2,7,10,17H,3-6,8H2. The van der Waals surface area contributed by atoms with Gasteiger partial charge in [-0.3, -0.25) is 0 Å². The molecular formula is C14H15BrFN3O2. The first-order valence-corrected chi connectivity index (χ1v) is 7.62. The molecule has 1 aromatic carbocycles. The highest BCUT2D eigenvalue weighted by Gasteiger charge is 2.16. The quantitative estimate of drug-likeness (QED) is 0.913. The Hall–Kier alpha value is -1.31. The van der Waals surface area contributed by atoms with Crippen molar-refractivity contribution in [3.8, 4) is 11.4 Å². The number of halogens is 2. The fraction of sp³-hybridized carbons (Fsp3) is 0.429. The monoisotopic (exact) mass is 355 g/mol. The number of aromatic nitrogens is 2. The molecule has 0 atom stereocenters. The third kappa shape index (κ3) is 3.66. The largest absolute Gasteiger partial charge is 0.368 e. The van der Waals surface area contributed by atoms with Crippen molar-refractivity contribution in [3.05, 3.63) is 34.4 Å². The molecule has 0 unspecified atom stereocenters. The molecule has 1 N–H and O–H groups in total. The fourth-order valence-corrected chi connectivity index (χ4v) is 2.67. The Labute approximate surface area is 130 Å². The van der Waals surface area contributed by atoms with Crippen LogP contribution in [-0.2, 0) is 11.3 Å². The average Bonchev–Trinajstić information content (AvgIpc) is 2.97. The van der Waals surface area contributed by atoms with E-state index in [0.717, 1.165) is 30.4 Å². The predicted molar refractivity (Wildman–Crippen MR) is 78.1 cm³/mol. The molecule has 1 saturated heterocycles. The Morgan fingerprint density at radius 3 is 3.00 bits per heavy atom. The molecule has 2 heterocycles. The van der Waals surface area contributed by atoms with Gasteiger partial charge in [0.25, 0.3) is 5.89 Å². The van der Waals surface area contributed by atoms with Crippen molar-refractivity contribution < 1.29 is 13.7 Å². The summed E-state index contributed by atoms with van der Waals surface area (Å²) in [5.74, 6) is 0.412. The van der Waals surface area contributed by atoms with Crippen molar-refractivity contribution in [2.75, 3.05) is 13.1 Å². The smallest absolute Gasteiger partial charge is 0.252 e. The highest BCUT2D eigenvalue weighted by molar-refractivity contribution is 9.10. The molecule has 0 radical (unpaired) electrons. The minimum Gasteiger partial charge on any atom is -0.368 e. The number of rotatable bonds is 4. The summed E-state index contributed by atoms with van der Waals surface area (Å²) in [6.07, 6.45) is 2.19. The van der Waals surface area contributed by atoms with Crippen LogP contribution in [0.5, 0.6) is 0 Å². The maximum absolute atomic E-state index is 13.3. The molecule has 1 aliphatic rings. The molecule has 0 saturated carbocycles. The molecule has 1 aromatic heterocycles. The number of ether oxygens (including phenoxy) is 1. The van der Waals surface area contributed by atoms with E-state index in [0.29, 0.717) is 17.3 Å². The van der Waals surface area contributed by atoms with Crippen LogP contribution in [0.15, 0.2) is 27.2 Å². The molecule has 3 rings (SSSR count). The summed E-state index contributed by atoms with van der Waals surface area (Å²) in [7, 11) is 0. The molecule has 0 bridgehead atoms. The van der Waals surface area contributed by atoms with Crippen LogP contribution >= 0.6 is 15.9 Å². The van der Waals surface area contributed by atoms with Gasteiger partial charge in [-0.05, 0) is 44.1 Å². The maximum Gasteiger partial charge on any atom is 0.252 e. The summed E-state index contributed by atoms with van der Waals surface area (Å²) in [6, 6.07) is 4.35. The van der Waals surface area contributed by atoms with Crippen molar-refractivity contribution in [2.24, 2.45) is 0 Å². The molecule has 1 aliphatic heterocycles. The highest BCUT2D eigenvalue weighted by atomic mass is 79.9. The molecule has 112 valence electrons. The van der Waals surface area contributed by atoms with E-state index in [1.807, 2.05) is 0 Å². The lowest BCUT2D eigenvalue weighted by atomic mass is 10.1. The first-order valence-electron chi connectivity index (χ1n) is 6.83. The summed E-state index contributed by atoms with van der Waals surface area (Å²) in [4.78, 5) is 4.25. The molecule has 0 spiro atoms. The molecule has 5 nitrogen and oxygen atoms in total. The van der Waals surface area contributed by atoms with Crippen LogP contribution < -0.4 is 5.32 Å². The van der Waals surface area contributed by atoms with E-state index < -0.39 is 0 Å². The topological polar surface area (TPSA) is 60.2 Å². The van der Waals surface area contributed by atoms with E-state index in [9.17, 15) is 4.39 Å². The maximum atomic E-state index is 13.3. The zero-order valence-electron chi connectivity index (χ0n) is 11.3. The molecule has 2 aromatic rings. The van der Waals surface area contributed by atoms with Gasteiger partial charge in [0, 0.05) is 10.0 Å². The summed E-state index contributed by atoms with van der Waals surface area (Å²) >= 11 is 3.35. The van der Waals surface area contributed by atoms with Crippen LogP contribution in [0.25, 0.3) is 11.4 Å². The Morgan fingerprint density at radius 2 is 2.19 bits per heavy atom. The van der Waals surface area contributed by atoms with E-state index >= 15 is 0 Å². The third-order valence-corrected chi connectivity index (χ3v) is 4.06. The van der Waals surface area contributed by atoms with E-state index in [1.165, 1.54) is 12.1 Å². The Kier molecular flexibility index (Phi) is 4.62. The second-order valence-corrected chi connectivity index (χ2v) is 5.75. The highest BCUT2D eigenvalue weighted by Crippen LogP contribution is 2.27. The van der Waals surface area contributed by atoms with Gasteiger partial charge >= 0.3 is 0 Å². The van der Waals surface area contributed by atoms with Crippen LogP contribution in [0, 0.1) is 5.82 Å². The molecule has 21 heavy (non-hydrogen) atoms. The van der Waals surface area contributed by atoms with Gasteiger partial charge in [0.15, 0.2) is 0 Å². The van der Waals surface area contributed by atoms with Gasteiger partial charge in [0.05, 0.1) is 6.10 Å². The van der Waals surface area contributed by atoms with E-state index in [-0.39, 0.29) is 18.5 Å². The van der Waals surface area contributed by atoms with Gasteiger partial charge in [0.1, 0.15) is 12.4 Å². The van der Waals surface area contributed by atoms with Crippen LogP contribution in [0.3, 0.4) is 0 Å².